The number of fused-ring (bicyclic) bond motifs is 5. The van der Waals surface area contributed by atoms with Crippen molar-refractivity contribution in [3.8, 4) is 0 Å². The molecule has 2 aromatic rings. The number of anilines is 1. The lowest BCUT2D eigenvalue weighted by atomic mass is 10.0. The number of hydrogen-bond donors (Lipinski definition) is 1. The van der Waals surface area contributed by atoms with Gasteiger partial charge in [0.05, 0.1) is 22.3 Å². The SMILES string of the molecule is O=C1Nc2c(sc3nc(C(F)F)cc(C4CC4)c23)C2=NC(=NC3CC3)SC12. The molecule has 0 aromatic carbocycles. The lowest BCUT2D eigenvalue weighted by Gasteiger charge is -2.19. The number of carbonyl (C=O) groups is 1. The fourth-order valence-corrected chi connectivity index (χ4v) is 5.86. The van der Waals surface area contributed by atoms with Gasteiger partial charge in [-0.05, 0) is 43.2 Å². The molecule has 0 saturated heterocycles. The number of halogens is 2. The maximum atomic E-state index is 13.3. The molecule has 9 heteroatoms. The summed E-state index contributed by atoms with van der Waals surface area (Å²) in [4.78, 5) is 27.5. The number of amidine groups is 1. The third-order valence-corrected chi connectivity index (χ3v) is 7.39. The molecule has 0 radical (unpaired) electrons. The molecule has 4 heterocycles. The Balaban J connectivity index is 1.56. The van der Waals surface area contributed by atoms with Crippen LogP contribution in [0.25, 0.3) is 10.2 Å². The van der Waals surface area contributed by atoms with E-state index in [0.29, 0.717) is 27.4 Å². The van der Waals surface area contributed by atoms with Crippen LogP contribution in [0, 0.1) is 0 Å². The molecular weight excluding hydrogens is 390 g/mol. The van der Waals surface area contributed by atoms with Crippen LogP contribution in [0.3, 0.4) is 0 Å². The molecular formula is C18H14F2N4OS2. The van der Waals surface area contributed by atoms with Crippen molar-refractivity contribution in [3.05, 3.63) is 22.2 Å². The van der Waals surface area contributed by atoms with Crippen molar-refractivity contribution in [3.63, 3.8) is 0 Å². The van der Waals surface area contributed by atoms with Crippen molar-refractivity contribution in [2.75, 3.05) is 5.32 Å². The van der Waals surface area contributed by atoms with Crippen molar-refractivity contribution >= 4 is 55.8 Å². The summed E-state index contributed by atoms with van der Waals surface area (Å²) >= 11 is 2.72. The summed E-state index contributed by atoms with van der Waals surface area (Å²) < 4.78 is 26.7. The number of aromatic nitrogens is 1. The Hall–Kier alpha value is -1.87. The minimum absolute atomic E-state index is 0.119. The fraction of sp³-hybridized carbons (Fsp3) is 0.444. The normalized spacial score (nSPS) is 25.7. The fourth-order valence-electron chi connectivity index (χ4n) is 3.58. The minimum Gasteiger partial charge on any atom is -0.323 e. The van der Waals surface area contributed by atoms with E-state index in [-0.39, 0.29) is 17.5 Å². The summed E-state index contributed by atoms with van der Waals surface area (Å²) in [5.74, 6) is 0.153. The van der Waals surface area contributed by atoms with E-state index < -0.39 is 11.7 Å². The lowest BCUT2D eigenvalue weighted by molar-refractivity contribution is -0.114. The second-order valence-corrected chi connectivity index (χ2v) is 9.40. The molecule has 1 amide bonds. The third kappa shape index (κ3) is 2.55. The van der Waals surface area contributed by atoms with Crippen molar-refractivity contribution in [1.29, 1.82) is 0 Å². The zero-order valence-corrected chi connectivity index (χ0v) is 15.7. The molecule has 138 valence electrons. The first kappa shape index (κ1) is 16.1. The van der Waals surface area contributed by atoms with Gasteiger partial charge in [0.15, 0.2) is 5.17 Å². The van der Waals surface area contributed by atoms with Crippen LogP contribution in [-0.2, 0) is 4.79 Å². The number of rotatable bonds is 3. The Labute approximate surface area is 161 Å². The van der Waals surface area contributed by atoms with Crippen LogP contribution in [0.5, 0.6) is 0 Å². The zero-order valence-electron chi connectivity index (χ0n) is 14.0. The molecule has 0 spiro atoms. The number of nitrogens with one attached hydrogen (secondary N) is 1. The Morgan fingerprint density at radius 3 is 2.78 bits per heavy atom. The van der Waals surface area contributed by atoms with Crippen LogP contribution in [0.1, 0.15) is 54.2 Å². The van der Waals surface area contributed by atoms with Crippen LogP contribution in [-0.4, -0.2) is 33.1 Å². The number of carbonyl (C=O) groups excluding carboxylic acids is 1. The van der Waals surface area contributed by atoms with E-state index in [4.69, 9.17) is 0 Å². The molecule has 4 aliphatic rings. The summed E-state index contributed by atoms with van der Waals surface area (Å²) in [6, 6.07) is 1.85. The predicted molar refractivity (Wildman–Crippen MR) is 104 cm³/mol. The van der Waals surface area contributed by atoms with E-state index in [1.54, 1.807) is 0 Å². The Morgan fingerprint density at radius 2 is 2.07 bits per heavy atom. The molecule has 5 nitrogen and oxygen atoms in total. The van der Waals surface area contributed by atoms with Gasteiger partial charge < -0.3 is 5.32 Å². The number of nitrogens with zero attached hydrogens (tertiary/aromatic N) is 3. The highest BCUT2D eigenvalue weighted by atomic mass is 32.2. The van der Waals surface area contributed by atoms with Crippen molar-refractivity contribution in [2.24, 2.45) is 9.98 Å². The number of hydrogen-bond acceptors (Lipinski definition) is 5. The summed E-state index contributed by atoms with van der Waals surface area (Å²) in [5, 5.41) is 4.06. The summed E-state index contributed by atoms with van der Waals surface area (Å²) in [6.45, 7) is 0. The zero-order chi connectivity index (χ0) is 18.3. The summed E-state index contributed by atoms with van der Waals surface area (Å²) in [7, 11) is 0. The topological polar surface area (TPSA) is 66.7 Å². The van der Waals surface area contributed by atoms with Gasteiger partial charge in [-0.25, -0.2) is 18.8 Å². The lowest BCUT2D eigenvalue weighted by Crippen LogP contribution is -2.35. The standard InChI is InChI=1S/C18H14F2N4OS2/c19-15(20)9-5-8(6-1-2-6)10-11-13(26-17(10)22-9)12-14(16(25)23-11)27-18(24-12)21-7-3-4-7/h5-7,14-15H,1-4H2,(H,23,25). The molecule has 2 saturated carbocycles. The van der Waals surface area contributed by atoms with Gasteiger partial charge in [0.2, 0.25) is 5.91 Å². The molecule has 6 rings (SSSR count). The molecule has 1 atom stereocenters. The minimum atomic E-state index is -2.61. The number of thioether (sulfide) groups is 1. The highest BCUT2D eigenvalue weighted by molar-refractivity contribution is 8.16. The number of thiophene rings is 1. The Bertz CT molecular complexity index is 1070. The quantitative estimate of drug-likeness (QED) is 0.820. The molecule has 2 aliphatic heterocycles. The Morgan fingerprint density at radius 1 is 1.26 bits per heavy atom. The number of aliphatic imine (C=N–C) groups is 2. The van der Waals surface area contributed by atoms with E-state index >= 15 is 0 Å². The van der Waals surface area contributed by atoms with Gasteiger partial charge in [0.1, 0.15) is 15.8 Å². The van der Waals surface area contributed by atoms with E-state index in [0.717, 1.165) is 41.5 Å². The van der Waals surface area contributed by atoms with Gasteiger partial charge in [-0.2, -0.15) is 0 Å². The van der Waals surface area contributed by atoms with Gasteiger partial charge >= 0.3 is 0 Å². The number of alkyl halides is 2. The van der Waals surface area contributed by atoms with Crippen molar-refractivity contribution < 1.29 is 13.6 Å². The van der Waals surface area contributed by atoms with Gasteiger partial charge in [0, 0.05) is 5.39 Å². The van der Waals surface area contributed by atoms with E-state index in [9.17, 15) is 13.6 Å². The number of pyridine rings is 1. The molecule has 0 bridgehead atoms. The second kappa shape index (κ2) is 5.57. The second-order valence-electron chi connectivity index (χ2n) is 7.32. The van der Waals surface area contributed by atoms with E-state index in [2.05, 4.69) is 20.3 Å². The first-order chi connectivity index (χ1) is 13.1. The third-order valence-electron chi connectivity index (χ3n) is 5.20. The highest BCUT2D eigenvalue weighted by Gasteiger charge is 2.42. The monoisotopic (exact) mass is 404 g/mol. The van der Waals surface area contributed by atoms with Gasteiger partial charge in [-0.1, -0.05) is 11.8 Å². The first-order valence-electron chi connectivity index (χ1n) is 8.98. The van der Waals surface area contributed by atoms with E-state index in [1.807, 2.05) is 0 Å². The average Bonchev–Trinajstić information content (AvgIpc) is 3.55. The number of amides is 1. The molecule has 1 N–H and O–H groups in total. The maximum absolute atomic E-state index is 13.3. The first-order valence-corrected chi connectivity index (χ1v) is 10.7. The van der Waals surface area contributed by atoms with Gasteiger partial charge in [-0.15, -0.1) is 11.3 Å². The molecule has 1 unspecified atom stereocenters. The smallest absolute Gasteiger partial charge is 0.280 e. The maximum Gasteiger partial charge on any atom is 0.280 e. The largest absolute Gasteiger partial charge is 0.323 e. The van der Waals surface area contributed by atoms with E-state index in [1.165, 1.54) is 29.2 Å². The van der Waals surface area contributed by atoms with Crippen LogP contribution in [0.15, 0.2) is 16.1 Å². The molecule has 2 aromatic heterocycles. The van der Waals surface area contributed by atoms with Crippen molar-refractivity contribution in [1.82, 2.24) is 4.98 Å². The summed E-state index contributed by atoms with van der Waals surface area (Å²) in [5.41, 5.74) is 2.08. The van der Waals surface area contributed by atoms with Crippen LogP contribution >= 0.6 is 23.1 Å². The van der Waals surface area contributed by atoms with Crippen LogP contribution < -0.4 is 5.32 Å². The predicted octanol–water partition coefficient (Wildman–Crippen LogP) is 4.49. The molecule has 27 heavy (non-hydrogen) atoms. The van der Waals surface area contributed by atoms with Crippen molar-refractivity contribution in [2.45, 2.75) is 49.3 Å². The molecule has 2 fully saturated rings. The van der Waals surface area contributed by atoms with Crippen LogP contribution in [0.4, 0.5) is 14.5 Å². The van der Waals surface area contributed by atoms with Gasteiger partial charge in [0.25, 0.3) is 6.43 Å². The van der Waals surface area contributed by atoms with Gasteiger partial charge in [-0.3, -0.25) is 9.79 Å². The van der Waals surface area contributed by atoms with Crippen LogP contribution in [0.2, 0.25) is 0 Å². The summed E-state index contributed by atoms with van der Waals surface area (Å²) in [6.07, 6.45) is 1.51. The average molecular weight is 404 g/mol. The highest BCUT2D eigenvalue weighted by Crippen LogP contribution is 2.50. The molecule has 2 aliphatic carbocycles. The Kier molecular flexibility index (Phi) is 3.33.